The maximum Gasteiger partial charge on any atom is 0.0638 e. The summed E-state index contributed by atoms with van der Waals surface area (Å²) in [4.78, 5) is 4.40. The van der Waals surface area contributed by atoms with E-state index in [0.29, 0.717) is 6.61 Å². The first kappa shape index (κ1) is 11.5. The number of nitrogens with one attached hydrogen (secondary N) is 1. The number of nitrogens with zero attached hydrogens (tertiary/aromatic N) is 1. The Morgan fingerprint density at radius 2 is 2.56 bits per heavy atom. The van der Waals surface area contributed by atoms with Gasteiger partial charge in [-0.25, -0.2) is 0 Å². The average molecular weight is 222 g/mol. The molecule has 0 aliphatic heterocycles. The molecule has 16 heavy (non-hydrogen) atoms. The van der Waals surface area contributed by atoms with Crippen molar-refractivity contribution in [2.75, 3.05) is 20.3 Å². The van der Waals surface area contributed by atoms with Gasteiger partial charge < -0.3 is 15.2 Å². The van der Waals surface area contributed by atoms with Gasteiger partial charge in [-0.15, -0.1) is 0 Å². The van der Waals surface area contributed by atoms with Gasteiger partial charge in [0.2, 0.25) is 0 Å². The Hall–Kier alpha value is -0.970. The lowest BCUT2D eigenvalue weighted by atomic mass is 10.2. The van der Waals surface area contributed by atoms with Gasteiger partial charge in [0.05, 0.1) is 31.0 Å². The number of methoxy groups -OCH3 is 1. The van der Waals surface area contributed by atoms with Crippen LogP contribution in [0.1, 0.15) is 23.7 Å². The van der Waals surface area contributed by atoms with Crippen molar-refractivity contribution >= 4 is 0 Å². The fourth-order valence-electron chi connectivity index (χ4n) is 2.21. The molecule has 0 saturated heterocycles. The predicted molar refractivity (Wildman–Crippen MR) is 61.2 cm³/mol. The van der Waals surface area contributed by atoms with Crippen molar-refractivity contribution in [3.05, 3.63) is 29.6 Å². The minimum Gasteiger partial charge on any atom is -0.395 e. The molecule has 1 aliphatic rings. The van der Waals surface area contributed by atoms with E-state index >= 15 is 0 Å². The molecule has 0 aromatic carbocycles. The van der Waals surface area contributed by atoms with Crippen LogP contribution < -0.4 is 5.32 Å². The molecule has 0 spiro atoms. The standard InChI is InChI=1S/C12H18N2O2/c1-16-8-10(7-15)14-11-5-4-9-3-2-6-13-12(9)11/h2-3,6,10-11,14-15H,4-5,7-8H2,1H3. The van der Waals surface area contributed by atoms with Gasteiger partial charge in [0.15, 0.2) is 0 Å². The van der Waals surface area contributed by atoms with Crippen molar-refractivity contribution in [1.29, 1.82) is 0 Å². The number of aryl methyl sites for hydroxylation is 1. The minimum absolute atomic E-state index is 0.0112. The first-order valence-corrected chi connectivity index (χ1v) is 5.64. The minimum atomic E-state index is -0.0112. The Morgan fingerprint density at radius 1 is 1.69 bits per heavy atom. The number of aromatic nitrogens is 1. The van der Waals surface area contributed by atoms with Gasteiger partial charge in [-0.1, -0.05) is 6.07 Å². The number of pyridine rings is 1. The first-order valence-electron chi connectivity index (χ1n) is 5.64. The van der Waals surface area contributed by atoms with Crippen LogP contribution in [0.25, 0.3) is 0 Å². The molecule has 2 rings (SSSR count). The van der Waals surface area contributed by atoms with E-state index in [9.17, 15) is 5.11 Å². The number of hydrogen-bond donors (Lipinski definition) is 2. The summed E-state index contributed by atoms with van der Waals surface area (Å²) in [5.41, 5.74) is 2.44. The molecule has 2 unspecified atom stereocenters. The van der Waals surface area contributed by atoms with Gasteiger partial charge in [0.1, 0.15) is 0 Å². The number of aliphatic hydroxyl groups is 1. The SMILES string of the molecule is COCC(CO)NC1CCc2cccnc21. The van der Waals surface area contributed by atoms with Crippen LogP contribution in [0.5, 0.6) is 0 Å². The summed E-state index contributed by atoms with van der Waals surface area (Å²) in [5, 5.41) is 12.6. The molecule has 0 radical (unpaired) electrons. The van der Waals surface area contributed by atoms with Crippen LogP contribution in [0.3, 0.4) is 0 Å². The van der Waals surface area contributed by atoms with Gasteiger partial charge in [-0.3, -0.25) is 4.98 Å². The molecular weight excluding hydrogens is 204 g/mol. The zero-order chi connectivity index (χ0) is 11.4. The van der Waals surface area contributed by atoms with Crippen molar-refractivity contribution < 1.29 is 9.84 Å². The molecule has 1 aromatic heterocycles. The van der Waals surface area contributed by atoms with E-state index in [1.54, 1.807) is 7.11 Å². The third-order valence-corrected chi connectivity index (χ3v) is 2.98. The monoisotopic (exact) mass is 222 g/mol. The van der Waals surface area contributed by atoms with E-state index in [4.69, 9.17) is 4.74 Å². The molecule has 2 N–H and O–H groups in total. The molecule has 0 saturated carbocycles. The van der Waals surface area contributed by atoms with Gasteiger partial charge >= 0.3 is 0 Å². The summed E-state index contributed by atoms with van der Waals surface area (Å²) in [6.07, 6.45) is 3.93. The topological polar surface area (TPSA) is 54.4 Å². The summed E-state index contributed by atoms with van der Waals surface area (Å²) in [6.45, 7) is 0.613. The lowest BCUT2D eigenvalue weighted by Gasteiger charge is -2.20. The average Bonchev–Trinajstić information content (AvgIpc) is 2.72. The quantitative estimate of drug-likeness (QED) is 0.768. The number of hydrogen-bond acceptors (Lipinski definition) is 4. The number of aliphatic hydroxyl groups excluding tert-OH is 1. The van der Waals surface area contributed by atoms with E-state index in [1.165, 1.54) is 5.56 Å². The van der Waals surface area contributed by atoms with Gasteiger partial charge in [-0.2, -0.15) is 0 Å². The van der Waals surface area contributed by atoms with Crippen molar-refractivity contribution in [3.8, 4) is 0 Å². The Bertz CT molecular complexity index is 344. The first-order chi connectivity index (χ1) is 7.85. The second-order valence-electron chi connectivity index (χ2n) is 4.14. The zero-order valence-electron chi connectivity index (χ0n) is 9.52. The summed E-state index contributed by atoms with van der Waals surface area (Å²) < 4.78 is 5.05. The van der Waals surface area contributed by atoms with Crippen LogP contribution >= 0.6 is 0 Å². The molecule has 1 aromatic rings. The number of rotatable bonds is 5. The zero-order valence-corrected chi connectivity index (χ0v) is 9.52. The van der Waals surface area contributed by atoms with Gasteiger partial charge in [0, 0.05) is 13.3 Å². The molecule has 2 atom stereocenters. The van der Waals surface area contributed by atoms with Crippen LogP contribution in [0, 0.1) is 0 Å². The highest BCUT2D eigenvalue weighted by Gasteiger charge is 2.25. The fourth-order valence-corrected chi connectivity index (χ4v) is 2.21. The van der Waals surface area contributed by atoms with Crippen LogP contribution in [0.2, 0.25) is 0 Å². The molecule has 1 heterocycles. The second kappa shape index (κ2) is 5.39. The fraction of sp³-hybridized carbons (Fsp3) is 0.583. The highest BCUT2D eigenvalue weighted by molar-refractivity contribution is 5.27. The second-order valence-corrected chi connectivity index (χ2v) is 4.14. The Morgan fingerprint density at radius 3 is 3.31 bits per heavy atom. The maximum absolute atomic E-state index is 9.20. The summed E-state index contributed by atoms with van der Waals surface area (Å²) in [6, 6.07) is 4.33. The normalized spacial score (nSPS) is 20.8. The highest BCUT2D eigenvalue weighted by atomic mass is 16.5. The largest absolute Gasteiger partial charge is 0.395 e. The van der Waals surface area contributed by atoms with Gasteiger partial charge in [0.25, 0.3) is 0 Å². The van der Waals surface area contributed by atoms with Crippen LogP contribution in [-0.2, 0) is 11.2 Å². The lowest BCUT2D eigenvalue weighted by molar-refractivity contribution is 0.122. The molecule has 4 heteroatoms. The molecule has 0 amide bonds. The van der Waals surface area contributed by atoms with Gasteiger partial charge in [-0.05, 0) is 24.5 Å². The molecule has 0 bridgehead atoms. The summed E-state index contributed by atoms with van der Waals surface area (Å²) >= 11 is 0. The van der Waals surface area contributed by atoms with Crippen molar-refractivity contribution in [1.82, 2.24) is 10.3 Å². The maximum atomic E-state index is 9.20. The molecule has 88 valence electrons. The lowest BCUT2D eigenvalue weighted by Crippen LogP contribution is -2.38. The van der Waals surface area contributed by atoms with Crippen LogP contribution in [0.4, 0.5) is 0 Å². The summed E-state index contributed by atoms with van der Waals surface area (Å²) in [5.74, 6) is 0. The third-order valence-electron chi connectivity index (χ3n) is 2.98. The molecule has 4 nitrogen and oxygen atoms in total. The smallest absolute Gasteiger partial charge is 0.0638 e. The van der Waals surface area contributed by atoms with Crippen molar-refractivity contribution in [2.24, 2.45) is 0 Å². The summed E-state index contributed by atoms with van der Waals surface area (Å²) in [7, 11) is 1.64. The van der Waals surface area contributed by atoms with E-state index in [-0.39, 0.29) is 18.7 Å². The van der Waals surface area contributed by atoms with Crippen LogP contribution in [0.15, 0.2) is 18.3 Å². The van der Waals surface area contributed by atoms with Crippen LogP contribution in [-0.4, -0.2) is 36.5 Å². The van der Waals surface area contributed by atoms with Crippen molar-refractivity contribution in [2.45, 2.75) is 24.9 Å². The third kappa shape index (κ3) is 2.40. The van der Waals surface area contributed by atoms with E-state index in [2.05, 4.69) is 16.4 Å². The van der Waals surface area contributed by atoms with E-state index in [1.807, 2.05) is 12.3 Å². The number of fused-ring (bicyclic) bond motifs is 1. The van der Waals surface area contributed by atoms with E-state index < -0.39 is 0 Å². The Labute approximate surface area is 95.7 Å². The molecule has 0 fully saturated rings. The Balaban J connectivity index is 2.02. The van der Waals surface area contributed by atoms with E-state index in [0.717, 1.165) is 18.5 Å². The highest BCUT2D eigenvalue weighted by Crippen LogP contribution is 2.29. The van der Waals surface area contributed by atoms with Crippen molar-refractivity contribution in [3.63, 3.8) is 0 Å². The Kier molecular flexibility index (Phi) is 3.88. The molecular formula is C12H18N2O2. The molecule has 1 aliphatic carbocycles. The number of ether oxygens (including phenoxy) is 1. The predicted octanol–water partition coefficient (Wildman–Crippen LogP) is 0.666.